The van der Waals surface area contributed by atoms with Crippen molar-refractivity contribution in [3.05, 3.63) is 32.8 Å². The molecule has 0 saturated carbocycles. The highest BCUT2D eigenvalue weighted by Crippen LogP contribution is 2.33. The van der Waals surface area contributed by atoms with Crippen molar-refractivity contribution in [3.8, 4) is 10.4 Å². The highest BCUT2D eigenvalue weighted by atomic mass is 35.5. The Kier molecular flexibility index (Phi) is 3.23. The zero-order valence-corrected chi connectivity index (χ0v) is 10.1. The second-order valence-corrected chi connectivity index (χ2v) is 5.65. The van der Waals surface area contributed by atoms with Crippen molar-refractivity contribution in [1.82, 2.24) is 5.32 Å². The molecule has 2 rings (SSSR count). The molecule has 74 valence electrons. The Balaban J connectivity index is 2.24. The summed E-state index contributed by atoms with van der Waals surface area (Å²) >= 11 is 9.29. The molecule has 0 aliphatic rings. The van der Waals surface area contributed by atoms with E-state index in [1.807, 2.05) is 13.1 Å². The second kappa shape index (κ2) is 4.45. The highest BCUT2D eigenvalue weighted by molar-refractivity contribution is 7.19. The molecule has 0 bridgehead atoms. The van der Waals surface area contributed by atoms with Crippen molar-refractivity contribution in [2.24, 2.45) is 0 Å². The van der Waals surface area contributed by atoms with Gasteiger partial charge in [-0.3, -0.25) is 0 Å². The second-order valence-electron chi connectivity index (χ2n) is 2.94. The smallest absolute Gasteiger partial charge is 0.0934 e. The predicted octanol–water partition coefficient (Wildman–Crippen LogP) is 3.85. The Hall–Kier alpha value is -0.350. The third-order valence-corrected chi connectivity index (χ3v) is 4.08. The van der Waals surface area contributed by atoms with Gasteiger partial charge in [-0.15, -0.1) is 22.7 Å². The van der Waals surface area contributed by atoms with Gasteiger partial charge in [-0.2, -0.15) is 0 Å². The van der Waals surface area contributed by atoms with E-state index in [-0.39, 0.29) is 0 Å². The Morgan fingerprint density at radius 3 is 2.93 bits per heavy atom. The van der Waals surface area contributed by atoms with Crippen LogP contribution in [-0.2, 0) is 6.54 Å². The van der Waals surface area contributed by atoms with Crippen LogP contribution in [0.25, 0.3) is 10.4 Å². The molecule has 0 aliphatic heterocycles. The normalized spacial score (nSPS) is 10.7. The lowest BCUT2D eigenvalue weighted by Crippen LogP contribution is -2.02. The predicted molar refractivity (Wildman–Crippen MR) is 65.4 cm³/mol. The summed E-state index contributed by atoms with van der Waals surface area (Å²) in [5.41, 5.74) is 1.28. The summed E-state index contributed by atoms with van der Waals surface area (Å²) in [6.07, 6.45) is 0. The van der Waals surface area contributed by atoms with Crippen LogP contribution in [0.5, 0.6) is 0 Å². The van der Waals surface area contributed by atoms with Crippen LogP contribution in [0.15, 0.2) is 23.6 Å². The van der Waals surface area contributed by atoms with Gasteiger partial charge in [0.15, 0.2) is 0 Å². The van der Waals surface area contributed by atoms with Gasteiger partial charge in [0.05, 0.1) is 4.34 Å². The van der Waals surface area contributed by atoms with Crippen LogP contribution in [0.4, 0.5) is 0 Å². The van der Waals surface area contributed by atoms with Gasteiger partial charge in [0.1, 0.15) is 0 Å². The first-order valence-corrected chi connectivity index (χ1v) is 6.34. The fourth-order valence-corrected chi connectivity index (χ4v) is 3.25. The van der Waals surface area contributed by atoms with E-state index in [9.17, 15) is 0 Å². The van der Waals surface area contributed by atoms with Gasteiger partial charge < -0.3 is 5.32 Å². The van der Waals surface area contributed by atoms with Crippen molar-refractivity contribution >= 4 is 34.3 Å². The van der Waals surface area contributed by atoms with Crippen LogP contribution < -0.4 is 5.32 Å². The molecule has 14 heavy (non-hydrogen) atoms. The quantitative estimate of drug-likeness (QED) is 0.864. The Morgan fingerprint density at radius 2 is 2.29 bits per heavy atom. The number of thiophene rings is 2. The van der Waals surface area contributed by atoms with Gasteiger partial charge in [-0.05, 0) is 30.6 Å². The highest BCUT2D eigenvalue weighted by Gasteiger charge is 2.04. The average Bonchev–Trinajstić information content (AvgIpc) is 2.74. The molecule has 2 aromatic rings. The van der Waals surface area contributed by atoms with Crippen molar-refractivity contribution < 1.29 is 0 Å². The number of halogens is 1. The van der Waals surface area contributed by atoms with Crippen LogP contribution in [0.3, 0.4) is 0 Å². The standard InChI is InChI=1S/C10H10ClNS2/c1-12-5-8-4-7(6-13-8)9-2-3-10(11)14-9/h2-4,6,12H,5H2,1H3. The summed E-state index contributed by atoms with van der Waals surface area (Å²) in [7, 11) is 1.96. The monoisotopic (exact) mass is 243 g/mol. The first kappa shape index (κ1) is 10.2. The lowest BCUT2D eigenvalue weighted by Gasteiger charge is -1.91. The Labute approximate surface area is 96.4 Å². The Morgan fingerprint density at radius 1 is 1.43 bits per heavy atom. The van der Waals surface area contributed by atoms with Crippen LogP contribution in [0.1, 0.15) is 4.88 Å². The van der Waals surface area contributed by atoms with E-state index in [0.29, 0.717) is 0 Å². The summed E-state index contributed by atoms with van der Waals surface area (Å²) < 4.78 is 0.848. The molecule has 0 unspecified atom stereocenters. The molecule has 0 aliphatic carbocycles. The molecular weight excluding hydrogens is 234 g/mol. The van der Waals surface area contributed by atoms with E-state index in [1.165, 1.54) is 15.3 Å². The minimum absolute atomic E-state index is 0.848. The molecule has 0 aromatic carbocycles. The van der Waals surface area contributed by atoms with E-state index < -0.39 is 0 Å². The topological polar surface area (TPSA) is 12.0 Å². The van der Waals surface area contributed by atoms with E-state index in [4.69, 9.17) is 11.6 Å². The summed E-state index contributed by atoms with van der Waals surface area (Å²) in [5, 5.41) is 5.32. The maximum atomic E-state index is 5.89. The molecule has 0 radical (unpaired) electrons. The van der Waals surface area contributed by atoms with Gasteiger partial charge in [0.25, 0.3) is 0 Å². The molecule has 0 saturated heterocycles. The third kappa shape index (κ3) is 2.17. The molecule has 1 nitrogen and oxygen atoms in total. The van der Waals surface area contributed by atoms with Crippen molar-refractivity contribution in [2.75, 3.05) is 7.05 Å². The van der Waals surface area contributed by atoms with E-state index in [2.05, 4.69) is 22.8 Å². The minimum atomic E-state index is 0.848. The molecule has 0 amide bonds. The van der Waals surface area contributed by atoms with Crippen LogP contribution in [-0.4, -0.2) is 7.05 Å². The lowest BCUT2D eigenvalue weighted by molar-refractivity contribution is 0.832. The lowest BCUT2D eigenvalue weighted by atomic mass is 10.2. The summed E-state index contributed by atoms with van der Waals surface area (Å²) in [6.45, 7) is 0.934. The molecule has 4 heteroatoms. The maximum Gasteiger partial charge on any atom is 0.0934 e. The van der Waals surface area contributed by atoms with Crippen molar-refractivity contribution in [3.63, 3.8) is 0 Å². The van der Waals surface area contributed by atoms with Crippen molar-refractivity contribution in [2.45, 2.75) is 6.54 Å². The van der Waals surface area contributed by atoms with Crippen molar-refractivity contribution in [1.29, 1.82) is 0 Å². The van der Waals surface area contributed by atoms with E-state index in [1.54, 1.807) is 22.7 Å². The molecular formula is C10H10ClNS2. The maximum absolute atomic E-state index is 5.89. The van der Waals surface area contributed by atoms with E-state index in [0.717, 1.165) is 10.9 Å². The first-order chi connectivity index (χ1) is 6.79. The van der Waals surface area contributed by atoms with E-state index >= 15 is 0 Å². The van der Waals surface area contributed by atoms with Gasteiger partial charge in [0, 0.05) is 21.9 Å². The van der Waals surface area contributed by atoms with Gasteiger partial charge in [-0.1, -0.05) is 11.6 Å². The van der Waals surface area contributed by atoms with Crippen LogP contribution in [0.2, 0.25) is 4.34 Å². The van der Waals surface area contributed by atoms with Gasteiger partial charge in [0.2, 0.25) is 0 Å². The van der Waals surface area contributed by atoms with Crippen LogP contribution >= 0.6 is 34.3 Å². The van der Waals surface area contributed by atoms with Gasteiger partial charge in [-0.25, -0.2) is 0 Å². The molecule has 0 atom stereocenters. The fraction of sp³-hybridized carbons (Fsp3) is 0.200. The minimum Gasteiger partial charge on any atom is -0.315 e. The average molecular weight is 244 g/mol. The number of hydrogen-bond acceptors (Lipinski definition) is 3. The molecule has 2 heterocycles. The van der Waals surface area contributed by atoms with Crippen LogP contribution in [0, 0.1) is 0 Å². The molecule has 0 fully saturated rings. The SMILES string of the molecule is CNCc1cc(-c2ccc(Cl)s2)cs1. The molecule has 1 N–H and O–H groups in total. The first-order valence-electron chi connectivity index (χ1n) is 4.27. The number of rotatable bonds is 3. The zero-order chi connectivity index (χ0) is 9.97. The summed E-state index contributed by atoms with van der Waals surface area (Å²) in [5.74, 6) is 0. The largest absolute Gasteiger partial charge is 0.315 e. The third-order valence-electron chi connectivity index (χ3n) is 1.86. The number of nitrogens with one attached hydrogen (secondary N) is 1. The summed E-state index contributed by atoms with van der Waals surface area (Å²) in [6, 6.07) is 6.22. The number of hydrogen-bond donors (Lipinski definition) is 1. The molecule has 0 spiro atoms. The summed E-state index contributed by atoms with van der Waals surface area (Å²) in [4.78, 5) is 2.60. The zero-order valence-electron chi connectivity index (χ0n) is 7.71. The molecule has 2 aromatic heterocycles. The Bertz CT molecular complexity index is 419. The fourth-order valence-electron chi connectivity index (χ4n) is 1.25. The van der Waals surface area contributed by atoms with Gasteiger partial charge >= 0.3 is 0 Å².